The van der Waals surface area contributed by atoms with E-state index in [1.807, 2.05) is 24.3 Å². The zero-order valence-corrected chi connectivity index (χ0v) is 13.3. The molecule has 19 heavy (non-hydrogen) atoms. The van der Waals surface area contributed by atoms with E-state index in [0.717, 1.165) is 29.5 Å². The summed E-state index contributed by atoms with van der Waals surface area (Å²) >= 11 is 3.39. The van der Waals surface area contributed by atoms with Gasteiger partial charge < -0.3 is 15.2 Å². The van der Waals surface area contributed by atoms with Gasteiger partial charge in [-0.15, -0.1) is 0 Å². The largest absolute Gasteiger partial charge is 0.491 e. The maximum atomic E-state index is 9.89. The first-order chi connectivity index (χ1) is 9.15. The highest BCUT2D eigenvalue weighted by atomic mass is 79.9. The number of hydrogen-bond acceptors (Lipinski definition) is 3. The van der Waals surface area contributed by atoms with Crippen LogP contribution in [0, 0.1) is 0 Å². The van der Waals surface area contributed by atoms with E-state index in [1.54, 1.807) is 0 Å². The minimum atomic E-state index is -0.482. The molecular formula is C15H24BrNO2. The van der Waals surface area contributed by atoms with Crippen molar-refractivity contribution in [2.75, 3.05) is 13.2 Å². The third kappa shape index (κ3) is 6.95. The van der Waals surface area contributed by atoms with Gasteiger partial charge in [0, 0.05) is 17.1 Å². The zero-order valence-electron chi connectivity index (χ0n) is 11.7. The summed E-state index contributed by atoms with van der Waals surface area (Å²) in [6.07, 6.45) is 2.92. The Morgan fingerprint density at radius 1 is 1.37 bits per heavy atom. The average Bonchev–Trinajstić information content (AvgIpc) is 2.41. The predicted octanol–water partition coefficient (Wildman–Crippen LogP) is 3.36. The summed E-state index contributed by atoms with van der Waals surface area (Å²) in [7, 11) is 0. The Labute approximate surface area is 124 Å². The third-order valence-electron chi connectivity index (χ3n) is 3.01. The van der Waals surface area contributed by atoms with Crippen LogP contribution in [-0.2, 0) is 0 Å². The summed E-state index contributed by atoms with van der Waals surface area (Å²) in [6, 6.07) is 8.13. The molecular weight excluding hydrogens is 306 g/mol. The van der Waals surface area contributed by atoms with E-state index in [1.165, 1.54) is 0 Å². The molecule has 0 saturated carbocycles. The lowest BCUT2D eigenvalue weighted by atomic mass is 10.1. The third-order valence-corrected chi connectivity index (χ3v) is 3.50. The molecule has 0 heterocycles. The highest BCUT2D eigenvalue weighted by Gasteiger charge is 2.09. The SMILES string of the molecule is CCCC(CC)NCC(O)COc1cccc(Br)c1. The Morgan fingerprint density at radius 2 is 2.16 bits per heavy atom. The highest BCUT2D eigenvalue weighted by Crippen LogP contribution is 2.17. The van der Waals surface area contributed by atoms with Gasteiger partial charge in [-0.2, -0.15) is 0 Å². The van der Waals surface area contributed by atoms with Crippen molar-refractivity contribution in [3.63, 3.8) is 0 Å². The maximum Gasteiger partial charge on any atom is 0.120 e. The van der Waals surface area contributed by atoms with Crippen LogP contribution in [0.15, 0.2) is 28.7 Å². The molecule has 0 bridgehead atoms. The van der Waals surface area contributed by atoms with Gasteiger partial charge in [0.2, 0.25) is 0 Å². The number of benzene rings is 1. The Kier molecular flexibility index (Phi) is 8.10. The van der Waals surface area contributed by atoms with Gasteiger partial charge in [0.1, 0.15) is 18.5 Å². The van der Waals surface area contributed by atoms with Gasteiger partial charge in [-0.1, -0.05) is 42.3 Å². The highest BCUT2D eigenvalue weighted by molar-refractivity contribution is 9.10. The minimum Gasteiger partial charge on any atom is -0.491 e. The number of halogens is 1. The van der Waals surface area contributed by atoms with Crippen LogP contribution in [-0.4, -0.2) is 30.4 Å². The Balaban J connectivity index is 2.25. The van der Waals surface area contributed by atoms with E-state index >= 15 is 0 Å². The summed E-state index contributed by atoms with van der Waals surface area (Å²) < 4.78 is 6.53. The molecule has 108 valence electrons. The van der Waals surface area contributed by atoms with Crippen molar-refractivity contribution >= 4 is 15.9 Å². The van der Waals surface area contributed by atoms with Gasteiger partial charge in [-0.25, -0.2) is 0 Å². The summed E-state index contributed by atoms with van der Waals surface area (Å²) in [4.78, 5) is 0. The van der Waals surface area contributed by atoms with E-state index in [2.05, 4.69) is 35.1 Å². The maximum absolute atomic E-state index is 9.89. The van der Waals surface area contributed by atoms with Gasteiger partial charge in [0.05, 0.1) is 0 Å². The number of rotatable bonds is 9. The summed E-state index contributed by atoms with van der Waals surface area (Å²) in [5.74, 6) is 0.772. The van der Waals surface area contributed by atoms with Crippen molar-refractivity contribution in [3.8, 4) is 5.75 Å². The minimum absolute atomic E-state index is 0.312. The Hall–Kier alpha value is -0.580. The van der Waals surface area contributed by atoms with Crippen molar-refractivity contribution < 1.29 is 9.84 Å². The van der Waals surface area contributed by atoms with Crippen LogP contribution in [0.4, 0.5) is 0 Å². The molecule has 0 radical (unpaired) electrons. The van der Waals surface area contributed by atoms with Crippen molar-refractivity contribution in [1.82, 2.24) is 5.32 Å². The van der Waals surface area contributed by atoms with Crippen molar-refractivity contribution in [3.05, 3.63) is 28.7 Å². The number of aliphatic hydroxyl groups is 1. The molecule has 0 amide bonds. The second-order valence-corrected chi connectivity index (χ2v) is 5.64. The molecule has 3 nitrogen and oxygen atoms in total. The zero-order chi connectivity index (χ0) is 14.1. The van der Waals surface area contributed by atoms with Crippen LogP contribution >= 0.6 is 15.9 Å². The normalized spacial score (nSPS) is 14.1. The lowest BCUT2D eigenvalue weighted by Crippen LogP contribution is -2.37. The molecule has 2 atom stereocenters. The molecule has 0 spiro atoms. The van der Waals surface area contributed by atoms with Crippen LogP contribution in [0.3, 0.4) is 0 Å². The molecule has 0 aliphatic rings. The molecule has 0 aromatic heterocycles. The molecule has 0 fully saturated rings. The van der Waals surface area contributed by atoms with E-state index in [4.69, 9.17) is 4.74 Å². The molecule has 4 heteroatoms. The second kappa shape index (κ2) is 9.34. The predicted molar refractivity (Wildman–Crippen MR) is 82.6 cm³/mol. The Morgan fingerprint density at radius 3 is 2.79 bits per heavy atom. The van der Waals surface area contributed by atoms with Crippen LogP contribution in [0.5, 0.6) is 5.75 Å². The van der Waals surface area contributed by atoms with Crippen LogP contribution in [0.2, 0.25) is 0 Å². The molecule has 1 rings (SSSR count). The number of hydrogen-bond donors (Lipinski definition) is 2. The van der Waals surface area contributed by atoms with E-state index in [9.17, 15) is 5.11 Å². The standard InChI is InChI=1S/C15H24BrNO2/c1-3-6-13(4-2)17-10-14(18)11-19-15-8-5-7-12(16)9-15/h5,7-9,13-14,17-18H,3-4,6,10-11H2,1-2H3. The van der Waals surface area contributed by atoms with Crippen LogP contribution in [0.1, 0.15) is 33.1 Å². The van der Waals surface area contributed by atoms with Crippen LogP contribution < -0.4 is 10.1 Å². The molecule has 2 N–H and O–H groups in total. The molecule has 0 aliphatic carbocycles. The fourth-order valence-electron chi connectivity index (χ4n) is 1.91. The number of ether oxygens (including phenoxy) is 1. The van der Waals surface area contributed by atoms with Crippen molar-refractivity contribution in [2.45, 2.75) is 45.3 Å². The quantitative estimate of drug-likeness (QED) is 0.730. The van der Waals surface area contributed by atoms with Gasteiger partial charge in [-0.05, 0) is 31.0 Å². The summed E-state index contributed by atoms with van der Waals surface area (Å²) in [5, 5.41) is 13.3. The topological polar surface area (TPSA) is 41.5 Å². The smallest absolute Gasteiger partial charge is 0.120 e. The summed E-state index contributed by atoms with van der Waals surface area (Å²) in [6.45, 7) is 5.23. The molecule has 1 aromatic rings. The molecule has 2 unspecified atom stereocenters. The lowest BCUT2D eigenvalue weighted by Gasteiger charge is -2.19. The lowest BCUT2D eigenvalue weighted by molar-refractivity contribution is 0.103. The monoisotopic (exact) mass is 329 g/mol. The molecule has 0 saturated heterocycles. The second-order valence-electron chi connectivity index (χ2n) is 4.72. The van der Waals surface area contributed by atoms with Crippen molar-refractivity contribution in [1.29, 1.82) is 0 Å². The Bertz CT molecular complexity index is 360. The number of nitrogens with one attached hydrogen (secondary N) is 1. The van der Waals surface area contributed by atoms with Gasteiger partial charge in [-0.3, -0.25) is 0 Å². The van der Waals surface area contributed by atoms with Crippen molar-refractivity contribution in [2.24, 2.45) is 0 Å². The van der Waals surface area contributed by atoms with Gasteiger partial charge >= 0.3 is 0 Å². The first-order valence-corrected chi connectivity index (χ1v) is 7.74. The van der Waals surface area contributed by atoms with E-state index in [0.29, 0.717) is 19.2 Å². The fraction of sp³-hybridized carbons (Fsp3) is 0.600. The fourth-order valence-corrected chi connectivity index (χ4v) is 2.29. The first kappa shape index (κ1) is 16.5. The number of aliphatic hydroxyl groups excluding tert-OH is 1. The van der Waals surface area contributed by atoms with Gasteiger partial charge in [0.25, 0.3) is 0 Å². The average molecular weight is 330 g/mol. The first-order valence-electron chi connectivity index (χ1n) is 6.95. The molecule has 0 aliphatic heterocycles. The van der Waals surface area contributed by atoms with E-state index < -0.39 is 6.10 Å². The van der Waals surface area contributed by atoms with Crippen LogP contribution in [0.25, 0.3) is 0 Å². The summed E-state index contributed by atoms with van der Waals surface area (Å²) in [5.41, 5.74) is 0. The van der Waals surface area contributed by atoms with Gasteiger partial charge in [0.15, 0.2) is 0 Å². The van der Waals surface area contributed by atoms with E-state index in [-0.39, 0.29) is 0 Å². The molecule has 1 aromatic carbocycles.